The Morgan fingerprint density at radius 2 is 1.33 bits per heavy atom. The molecule has 0 saturated heterocycles. The molecule has 3 heteroatoms. The Bertz CT molecular complexity index is 734. The van der Waals surface area contributed by atoms with Crippen LogP contribution in [0.5, 0.6) is 23.0 Å². The van der Waals surface area contributed by atoms with Crippen LogP contribution in [0.1, 0.15) is 0 Å². The fourth-order valence-corrected chi connectivity index (χ4v) is 2.08. The van der Waals surface area contributed by atoms with E-state index in [9.17, 15) is 10.2 Å². The van der Waals surface area contributed by atoms with E-state index in [-0.39, 0.29) is 11.5 Å². The van der Waals surface area contributed by atoms with Gasteiger partial charge in [-0.05, 0) is 48.0 Å². The third-order valence-corrected chi connectivity index (χ3v) is 3.12. The summed E-state index contributed by atoms with van der Waals surface area (Å²) in [5.74, 6) is 1.73. The monoisotopic (exact) mass is 278 g/mol. The predicted octanol–water partition coefficient (Wildman–Crippen LogP) is 4.56. The molecule has 3 rings (SSSR count). The van der Waals surface area contributed by atoms with Crippen LogP contribution in [0.15, 0.2) is 72.8 Å². The number of ether oxygens (including phenoxy) is 1. The lowest BCUT2D eigenvalue weighted by molar-refractivity contribution is 0.462. The maximum Gasteiger partial charge on any atom is 0.127 e. The van der Waals surface area contributed by atoms with Crippen LogP contribution in [0.2, 0.25) is 0 Å². The molecule has 21 heavy (non-hydrogen) atoms. The number of hydrogen-bond acceptors (Lipinski definition) is 3. The van der Waals surface area contributed by atoms with Crippen molar-refractivity contribution in [1.82, 2.24) is 0 Å². The summed E-state index contributed by atoms with van der Waals surface area (Å²) in [6, 6.07) is 21.3. The Balaban J connectivity index is 1.85. The number of para-hydroxylation sites is 1. The summed E-state index contributed by atoms with van der Waals surface area (Å²) in [6.45, 7) is 0. The average Bonchev–Trinajstić information content (AvgIpc) is 2.52. The van der Waals surface area contributed by atoms with E-state index in [2.05, 4.69) is 0 Å². The lowest BCUT2D eigenvalue weighted by atomic mass is 10.0. The van der Waals surface area contributed by atoms with Crippen LogP contribution in [0, 0.1) is 0 Å². The van der Waals surface area contributed by atoms with Gasteiger partial charge in [0.25, 0.3) is 0 Å². The van der Waals surface area contributed by atoms with Crippen molar-refractivity contribution in [3.8, 4) is 34.1 Å². The molecule has 0 radical (unpaired) electrons. The van der Waals surface area contributed by atoms with Gasteiger partial charge in [-0.2, -0.15) is 0 Å². The smallest absolute Gasteiger partial charge is 0.127 e. The zero-order valence-electron chi connectivity index (χ0n) is 11.2. The van der Waals surface area contributed by atoms with Gasteiger partial charge in [0.15, 0.2) is 0 Å². The quantitative estimate of drug-likeness (QED) is 0.691. The Labute approximate surface area is 122 Å². The molecule has 0 fully saturated rings. The van der Waals surface area contributed by atoms with E-state index in [0.29, 0.717) is 11.3 Å². The van der Waals surface area contributed by atoms with Gasteiger partial charge in [0, 0.05) is 5.56 Å². The average molecular weight is 278 g/mol. The van der Waals surface area contributed by atoms with Gasteiger partial charge in [-0.25, -0.2) is 0 Å². The Morgan fingerprint density at radius 3 is 2.05 bits per heavy atom. The van der Waals surface area contributed by atoms with Crippen molar-refractivity contribution in [3.05, 3.63) is 72.8 Å². The molecule has 0 unspecified atom stereocenters. The SMILES string of the molecule is Oc1ccc(O)c(-c2ccc(Oc3ccccc3)cc2)c1. The minimum atomic E-state index is 0.118. The van der Waals surface area contributed by atoms with Crippen LogP contribution in [0.3, 0.4) is 0 Å². The van der Waals surface area contributed by atoms with Crippen LogP contribution in [0.25, 0.3) is 11.1 Å². The molecule has 0 bridgehead atoms. The maximum atomic E-state index is 9.85. The van der Waals surface area contributed by atoms with E-state index in [1.54, 1.807) is 0 Å². The summed E-state index contributed by atoms with van der Waals surface area (Å²) < 4.78 is 5.71. The van der Waals surface area contributed by atoms with Crippen molar-refractivity contribution in [2.24, 2.45) is 0 Å². The molecule has 0 aliphatic rings. The number of benzene rings is 3. The van der Waals surface area contributed by atoms with Crippen LogP contribution < -0.4 is 4.74 Å². The second kappa shape index (κ2) is 5.59. The van der Waals surface area contributed by atoms with Gasteiger partial charge in [0.05, 0.1) is 0 Å². The van der Waals surface area contributed by atoms with Gasteiger partial charge in [-0.3, -0.25) is 0 Å². The molecule has 104 valence electrons. The van der Waals surface area contributed by atoms with Crippen LogP contribution in [0.4, 0.5) is 0 Å². The Hall–Kier alpha value is -2.94. The molecule has 0 saturated carbocycles. The Morgan fingerprint density at radius 1 is 0.667 bits per heavy atom. The predicted molar refractivity (Wildman–Crippen MR) is 81.7 cm³/mol. The second-order valence-corrected chi connectivity index (χ2v) is 4.64. The third kappa shape index (κ3) is 2.98. The highest BCUT2D eigenvalue weighted by molar-refractivity contribution is 5.72. The molecular formula is C18H14O3. The van der Waals surface area contributed by atoms with Gasteiger partial charge >= 0.3 is 0 Å². The number of hydrogen-bond donors (Lipinski definition) is 2. The summed E-state index contributed by atoms with van der Waals surface area (Å²) in [4.78, 5) is 0. The molecule has 0 aliphatic heterocycles. The normalized spacial score (nSPS) is 10.3. The Kier molecular flexibility index (Phi) is 3.48. The molecule has 0 amide bonds. The molecule has 0 atom stereocenters. The fraction of sp³-hybridized carbons (Fsp3) is 0. The molecule has 2 N–H and O–H groups in total. The summed E-state index contributed by atoms with van der Waals surface area (Å²) in [7, 11) is 0. The lowest BCUT2D eigenvalue weighted by Crippen LogP contribution is -1.84. The van der Waals surface area contributed by atoms with Gasteiger partial charge in [0.2, 0.25) is 0 Å². The van der Waals surface area contributed by atoms with Crippen molar-refractivity contribution >= 4 is 0 Å². The molecular weight excluding hydrogens is 264 g/mol. The highest BCUT2D eigenvalue weighted by atomic mass is 16.5. The highest BCUT2D eigenvalue weighted by Crippen LogP contribution is 2.33. The molecule has 0 heterocycles. The topological polar surface area (TPSA) is 49.7 Å². The first-order valence-electron chi connectivity index (χ1n) is 6.58. The van der Waals surface area contributed by atoms with Crippen LogP contribution in [-0.2, 0) is 0 Å². The first-order chi connectivity index (χ1) is 10.2. The maximum absolute atomic E-state index is 9.85. The highest BCUT2D eigenvalue weighted by Gasteiger charge is 2.06. The van der Waals surface area contributed by atoms with E-state index in [1.807, 2.05) is 54.6 Å². The van der Waals surface area contributed by atoms with Crippen molar-refractivity contribution in [3.63, 3.8) is 0 Å². The van der Waals surface area contributed by atoms with Crippen LogP contribution in [-0.4, -0.2) is 10.2 Å². The molecule has 0 spiro atoms. The van der Waals surface area contributed by atoms with Crippen molar-refractivity contribution in [1.29, 1.82) is 0 Å². The summed E-state index contributed by atoms with van der Waals surface area (Å²) >= 11 is 0. The number of rotatable bonds is 3. The second-order valence-electron chi connectivity index (χ2n) is 4.64. The number of phenols is 2. The van der Waals surface area contributed by atoms with Crippen molar-refractivity contribution in [2.75, 3.05) is 0 Å². The third-order valence-electron chi connectivity index (χ3n) is 3.12. The zero-order valence-corrected chi connectivity index (χ0v) is 11.2. The largest absolute Gasteiger partial charge is 0.508 e. The minimum Gasteiger partial charge on any atom is -0.508 e. The first-order valence-corrected chi connectivity index (χ1v) is 6.58. The first kappa shape index (κ1) is 13.1. The number of phenolic OH excluding ortho intramolecular Hbond substituents is 2. The van der Waals surface area contributed by atoms with E-state index < -0.39 is 0 Å². The van der Waals surface area contributed by atoms with E-state index in [4.69, 9.17) is 4.74 Å². The van der Waals surface area contributed by atoms with Gasteiger partial charge in [-0.1, -0.05) is 30.3 Å². The van der Waals surface area contributed by atoms with E-state index >= 15 is 0 Å². The minimum absolute atomic E-state index is 0.118. The zero-order chi connectivity index (χ0) is 14.7. The summed E-state index contributed by atoms with van der Waals surface area (Å²) in [5.41, 5.74) is 1.39. The van der Waals surface area contributed by atoms with Crippen molar-refractivity contribution in [2.45, 2.75) is 0 Å². The molecule has 3 aromatic rings. The van der Waals surface area contributed by atoms with Crippen molar-refractivity contribution < 1.29 is 14.9 Å². The standard InChI is InChI=1S/C18H14O3/c19-14-8-11-18(20)17(12-14)13-6-9-16(10-7-13)21-15-4-2-1-3-5-15/h1-12,19-20H. The summed E-state index contributed by atoms with van der Waals surface area (Å²) in [6.07, 6.45) is 0. The van der Waals surface area contributed by atoms with Crippen LogP contribution >= 0.6 is 0 Å². The number of aromatic hydroxyl groups is 2. The molecule has 0 aliphatic carbocycles. The lowest BCUT2D eigenvalue weighted by Gasteiger charge is -2.08. The van der Waals surface area contributed by atoms with Gasteiger partial charge in [-0.15, -0.1) is 0 Å². The molecule has 3 aromatic carbocycles. The van der Waals surface area contributed by atoms with E-state index in [1.165, 1.54) is 18.2 Å². The van der Waals surface area contributed by atoms with Gasteiger partial charge < -0.3 is 14.9 Å². The van der Waals surface area contributed by atoms with Gasteiger partial charge in [0.1, 0.15) is 23.0 Å². The van der Waals surface area contributed by atoms with E-state index in [0.717, 1.165) is 11.3 Å². The molecule has 3 nitrogen and oxygen atoms in total. The fourth-order valence-electron chi connectivity index (χ4n) is 2.08. The molecule has 0 aromatic heterocycles. The summed E-state index contributed by atoms with van der Waals surface area (Å²) in [5, 5.41) is 19.4.